The summed E-state index contributed by atoms with van der Waals surface area (Å²) in [5, 5.41) is 3.57. The van der Waals surface area contributed by atoms with E-state index >= 15 is 0 Å². The molecule has 0 saturated carbocycles. The maximum Gasteiger partial charge on any atom is 0.123 e. The van der Waals surface area contributed by atoms with E-state index in [0.717, 1.165) is 46.7 Å². The summed E-state index contributed by atoms with van der Waals surface area (Å²) >= 11 is 0. The van der Waals surface area contributed by atoms with Crippen LogP contribution in [0, 0.1) is 33.5 Å². The minimum atomic E-state index is -0.178. The van der Waals surface area contributed by atoms with Crippen molar-refractivity contribution in [3.63, 3.8) is 0 Å². The third kappa shape index (κ3) is 3.35. The van der Waals surface area contributed by atoms with Gasteiger partial charge in [0.15, 0.2) is 0 Å². The number of aryl methyl sites for hydroxylation is 4. The molecule has 1 atom stereocenters. The molecule has 0 aliphatic heterocycles. The Balaban J connectivity index is 2.53. The van der Waals surface area contributed by atoms with Crippen molar-refractivity contribution >= 4 is 0 Å². The van der Waals surface area contributed by atoms with Gasteiger partial charge in [-0.1, -0.05) is 6.92 Å². The van der Waals surface area contributed by atoms with E-state index < -0.39 is 0 Å². The highest BCUT2D eigenvalue weighted by Crippen LogP contribution is 2.32. The van der Waals surface area contributed by atoms with Crippen molar-refractivity contribution in [2.45, 2.75) is 47.1 Å². The lowest BCUT2D eigenvalue weighted by atomic mass is 9.91. The van der Waals surface area contributed by atoms with Gasteiger partial charge in [-0.25, -0.2) is 4.39 Å². The average Bonchev–Trinajstić information content (AvgIpc) is 2.71. The minimum absolute atomic E-state index is 0.0444. The Morgan fingerprint density at radius 1 is 1.10 bits per heavy atom. The van der Waals surface area contributed by atoms with Crippen LogP contribution >= 0.6 is 0 Å². The molecule has 0 bridgehead atoms. The quantitative estimate of drug-likeness (QED) is 0.860. The van der Waals surface area contributed by atoms with Crippen LogP contribution < -0.4 is 5.32 Å². The molecule has 0 fully saturated rings. The van der Waals surface area contributed by atoms with Crippen molar-refractivity contribution in [1.29, 1.82) is 0 Å². The Bertz CT molecular complexity index is 607. The van der Waals surface area contributed by atoms with Crippen molar-refractivity contribution in [1.82, 2.24) is 5.32 Å². The molecular formula is C18H24FNO. The Morgan fingerprint density at radius 2 is 1.71 bits per heavy atom. The maximum absolute atomic E-state index is 13.6. The largest absolute Gasteiger partial charge is 0.466 e. The Labute approximate surface area is 126 Å². The van der Waals surface area contributed by atoms with Crippen LogP contribution in [0.1, 0.15) is 53.2 Å². The molecule has 2 aromatic rings. The van der Waals surface area contributed by atoms with Crippen LogP contribution in [0.3, 0.4) is 0 Å². The fourth-order valence-electron chi connectivity index (χ4n) is 2.97. The summed E-state index contributed by atoms with van der Waals surface area (Å²) in [6.45, 7) is 10.9. The number of hydrogen-bond donors (Lipinski definition) is 1. The Kier molecular flexibility index (Phi) is 4.84. The van der Waals surface area contributed by atoms with Gasteiger partial charge < -0.3 is 9.73 Å². The molecule has 2 rings (SSSR count). The van der Waals surface area contributed by atoms with Gasteiger partial charge in [0, 0.05) is 5.56 Å². The van der Waals surface area contributed by atoms with Crippen LogP contribution in [0.4, 0.5) is 4.39 Å². The normalized spacial score (nSPS) is 12.7. The maximum atomic E-state index is 13.6. The minimum Gasteiger partial charge on any atom is -0.466 e. The second-order valence-corrected chi connectivity index (χ2v) is 5.71. The van der Waals surface area contributed by atoms with Gasteiger partial charge in [-0.2, -0.15) is 0 Å². The fourth-order valence-corrected chi connectivity index (χ4v) is 2.97. The van der Waals surface area contributed by atoms with Crippen molar-refractivity contribution in [2.75, 3.05) is 6.54 Å². The zero-order valence-corrected chi connectivity index (χ0v) is 13.5. The van der Waals surface area contributed by atoms with E-state index in [9.17, 15) is 4.39 Å². The van der Waals surface area contributed by atoms with E-state index in [1.54, 1.807) is 12.1 Å². The molecule has 114 valence electrons. The average molecular weight is 289 g/mol. The standard InChI is InChI=1S/C18H24FNO/c1-6-7-20-18(16-10-13(4)21-14(16)5)17-11(2)8-15(19)9-12(17)3/h8-10,18,20H,6-7H2,1-5H3. The predicted octanol–water partition coefficient (Wildman–Crippen LogP) is 4.74. The molecule has 0 aliphatic carbocycles. The van der Waals surface area contributed by atoms with Crippen LogP contribution in [-0.4, -0.2) is 6.54 Å². The molecule has 0 spiro atoms. The second kappa shape index (κ2) is 6.44. The van der Waals surface area contributed by atoms with E-state index in [2.05, 4.69) is 18.3 Å². The lowest BCUT2D eigenvalue weighted by Gasteiger charge is -2.23. The number of hydrogen-bond acceptors (Lipinski definition) is 2. The van der Waals surface area contributed by atoms with Gasteiger partial charge >= 0.3 is 0 Å². The highest BCUT2D eigenvalue weighted by Gasteiger charge is 2.22. The van der Waals surface area contributed by atoms with E-state index in [-0.39, 0.29) is 11.9 Å². The summed E-state index contributed by atoms with van der Waals surface area (Å²) in [6.07, 6.45) is 1.05. The second-order valence-electron chi connectivity index (χ2n) is 5.71. The zero-order chi connectivity index (χ0) is 15.6. The Morgan fingerprint density at radius 3 is 2.19 bits per heavy atom. The number of halogens is 1. The molecule has 1 heterocycles. The smallest absolute Gasteiger partial charge is 0.123 e. The highest BCUT2D eigenvalue weighted by molar-refractivity contribution is 5.43. The van der Waals surface area contributed by atoms with Crippen LogP contribution in [0.25, 0.3) is 0 Å². The number of rotatable bonds is 5. The van der Waals surface area contributed by atoms with Crippen molar-refractivity contribution in [3.05, 3.63) is 57.8 Å². The van der Waals surface area contributed by atoms with Gasteiger partial charge in [0.25, 0.3) is 0 Å². The molecule has 0 saturated heterocycles. The third-order valence-electron chi connectivity index (χ3n) is 3.84. The zero-order valence-electron chi connectivity index (χ0n) is 13.5. The van der Waals surface area contributed by atoms with Gasteiger partial charge in [-0.3, -0.25) is 0 Å². The number of benzene rings is 1. The topological polar surface area (TPSA) is 25.2 Å². The molecule has 1 N–H and O–H groups in total. The molecule has 1 unspecified atom stereocenters. The molecule has 0 aliphatic rings. The van der Waals surface area contributed by atoms with Gasteiger partial charge in [0.1, 0.15) is 17.3 Å². The van der Waals surface area contributed by atoms with Crippen molar-refractivity contribution in [2.24, 2.45) is 0 Å². The van der Waals surface area contributed by atoms with Crippen molar-refractivity contribution in [3.8, 4) is 0 Å². The molecular weight excluding hydrogens is 265 g/mol. The van der Waals surface area contributed by atoms with E-state index in [1.165, 1.54) is 0 Å². The molecule has 0 amide bonds. The highest BCUT2D eigenvalue weighted by atomic mass is 19.1. The summed E-state index contributed by atoms with van der Waals surface area (Å²) < 4.78 is 19.3. The predicted molar refractivity (Wildman–Crippen MR) is 84.2 cm³/mol. The SMILES string of the molecule is CCCNC(c1cc(C)oc1C)c1c(C)cc(F)cc1C. The van der Waals surface area contributed by atoms with Crippen LogP contribution in [0.15, 0.2) is 22.6 Å². The van der Waals surface area contributed by atoms with E-state index in [0.29, 0.717) is 0 Å². The van der Waals surface area contributed by atoms with E-state index in [1.807, 2.05) is 27.7 Å². The molecule has 1 aromatic carbocycles. The number of nitrogens with one attached hydrogen (secondary N) is 1. The molecule has 3 heteroatoms. The van der Waals surface area contributed by atoms with Crippen molar-refractivity contribution < 1.29 is 8.81 Å². The van der Waals surface area contributed by atoms with Crippen LogP contribution in [0.5, 0.6) is 0 Å². The summed E-state index contributed by atoms with van der Waals surface area (Å²) in [5.41, 5.74) is 4.23. The molecule has 2 nitrogen and oxygen atoms in total. The first kappa shape index (κ1) is 15.8. The fraction of sp³-hybridized carbons (Fsp3) is 0.444. The first-order chi connectivity index (χ1) is 9.93. The van der Waals surface area contributed by atoms with Gasteiger partial charge in [-0.15, -0.1) is 0 Å². The summed E-state index contributed by atoms with van der Waals surface area (Å²) in [7, 11) is 0. The Hall–Kier alpha value is -1.61. The lowest BCUT2D eigenvalue weighted by molar-refractivity contribution is 0.493. The number of furan rings is 1. The molecule has 21 heavy (non-hydrogen) atoms. The third-order valence-corrected chi connectivity index (χ3v) is 3.84. The first-order valence-electron chi connectivity index (χ1n) is 7.51. The monoisotopic (exact) mass is 289 g/mol. The van der Waals surface area contributed by atoms with Gasteiger partial charge in [0.2, 0.25) is 0 Å². The molecule has 1 aromatic heterocycles. The lowest BCUT2D eigenvalue weighted by Crippen LogP contribution is -2.25. The molecule has 0 radical (unpaired) electrons. The summed E-state index contributed by atoms with van der Waals surface area (Å²) in [5.74, 6) is 1.65. The van der Waals surface area contributed by atoms with Gasteiger partial charge in [-0.05, 0) is 75.5 Å². The summed E-state index contributed by atoms with van der Waals surface area (Å²) in [6, 6.07) is 5.32. The van der Waals surface area contributed by atoms with E-state index in [4.69, 9.17) is 4.42 Å². The van der Waals surface area contributed by atoms with Crippen LogP contribution in [0.2, 0.25) is 0 Å². The summed E-state index contributed by atoms with van der Waals surface area (Å²) in [4.78, 5) is 0. The first-order valence-corrected chi connectivity index (χ1v) is 7.51. The van der Waals surface area contributed by atoms with Gasteiger partial charge in [0.05, 0.1) is 6.04 Å². The van der Waals surface area contributed by atoms with Crippen LogP contribution in [-0.2, 0) is 0 Å².